The number of halogens is 3. The van der Waals surface area contributed by atoms with E-state index < -0.39 is 29.0 Å². The van der Waals surface area contributed by atoms with Gasteiger partial charge in [-0.15, -0.1) is 0 Å². The molecule has 0 saturated carbocycles. The minimum Gasteiger partial charge on any atom is -0.368 e. The number of anilines is 1. The zero-order valence-electron chi connectivity index (χ0n) is 10.7. The largest absolute Gasteiger partial charge is 0.368 e. The number of hydrogen-bond donors (Lipinski definition) is 2. The van der Waals surface area contributed by atoms with Crippen molar-refractivity contribution in [3.05, 3.63) is 29.6 Å². The molecule has 0 atom stereocenters. The Labute approximate surface area is 114 Å². The van der Waals surface area contributed by atoms with E-state index in [1.54, 1.807) is 0 Å². The van der Waals surface area contributed by atoms with Crippen molar-refractivity contribution in [2.45, 2.75) is 18.9 Å². The molecule has 20 heavy (non-hydrogen) atoms. The van der Waals surface area contributed by atoms with Crippen LogP contribution >= 0.6 is 0 Å². The standard InChI is InChI=1S/C13H15F3N2O2/c14-8-5-10(15)13(11(16)6-8)18-12(19)7-20-9-1-3-17-4-2-9/h5-6,9,17H,1-4,7H2,(H,18,19). The van der Waals surface area contributed by atoms with Gasteiger partial charge in [0.1, 0.15) is 18.1 Å². The highest BCUT2D eigenvalue weighted by atomic mass is 19.1. The van der Waals surface area contributed by atoms with Crippen LogP contribution in [0.5, 0.6) is 0 Å². The number of benzene rings is 1. The molecular weight excluding hydrogens is 273 g/mol. The Kier molecular flexibility index (Phi) is 4.97. The zero-order valence-corrected chi connectivity index (χ0v) is 10.7. The summed E-state index contributed by atoms with van der Waals surface area (Å²) < 4.78 is 44.7. The summed E-state index contributed by atoms with van der Waals surface area (Å²) in [5.41, 5.74) is -0.662. The van der Waals surface area contributed by atoms with Gasteiger partial charge in [0, 0.05) is 12.1 Å². The van der Waals surface area contributed by atoms with Crippen molar-refractivity contribution in [3.63, 3.8) is 0 Å². The summed E-state index contributed by atoms with van der Waals surface area (Å²) in [4.78, 5) is 11.6. The normalized spacial score (nSPS) is 16.1. The average molecular weight is 288 g/mol. The molecule has 0 aromatic heterocycles. The van der Waals surface area contributed by atoms with Crippen molar-refractivity contribution in [1.29, 1.82) is 0 Å². The van der Waals surface area contributed by atoms with Gasteiger partial charge in [0.05, 0.1) is 6.10 Å². The Bertz CT molecular complexity index is 467. The number of rotatable bonds is 4. The van der Waals surface area contributed by atoms with Gasteiger partial charge in [-0.25, -0.2) is 13.2 Å². The molecule has 2 rings (SSSR count). The molecule has 1 saturated heterocycles. The monoisotopic (exact) mass is 288 g/mol. The highest BCUT2D eigenvalue weighted by Crippen LogP contribution is 2.20. The maximum absolute atomic E-state index is 13.3. The molecule has 1 aliphatic heterocycles. The molecule has 1 aromatic carbocycles. The van der Waals surface area contributed by atoms with E-state index in [0.29, 0.717) is 12.1 Å². The molecule has 4 nitrogen and oxygen atoms in total. The van der Waals surface area contributed by atoms with E-state index in [9.17, 15) is 18.0 Å². The molecular formula is C13H15F3N2O2. The van der Waals surface area contributed by atoms with Crippen LogP contribution < -0.4 is 10.6 Å². The van der Waals surface area contributed by atoms with E-state index in [2.05, 4.69) is 5.32 Å². The quantitative estimate of drug-likeness (QED) is 0.888. The fourth-order valence-corrected chi connectivity index (χ4v) is 1.99. The number of nitrogens with one attached hydrogen (secondary N) is 2. The minimum absolute atomic E-state index is 0.0371. The summed E-state index contributed by atoms with van der Waals surface area (Å²) >= 11 is 0. The lowest BCUT2D eigenvalue weighted by atomic mass is 10.1. The fourth-order valence-electron chi connectivity index (χ4n) is 1.99. The van der Waals surface area contributed by atoms with E-state index in [1.165, 1.54) is 0 Å². The Morgan fingerprint density at radius 1 is 1.25 bits per heavy atom. The SMILES string of the molecule is O=C(COC1CCNCC1)Nc1c(F)cc(F)cc1F. The topological polar surface area (TPSA) is 50.4 Å². The highest BCUT2D eigenvalue weighted by molar-refractivity contribution is 5.91. The first-order chi connectivity index (χ1) is 9.56. The van der Waals surface area contributed by atoms with Crippen molar-refractivity contribution in [3.8, 4) is 0 Å². The summed E-state index contributed by atoms with van der Waals surface area (Å²) in [7, 11) is 0. The van der Waals surface area contributed by atoms with Crippen LogP contribution in [0.4, 0.5) is 18.9 Å². The van der Waals surface area contributed by atoms with E-state index in [0.717, 1.165) is 25.9 Å². The Hall–Kier alpha value is -1.60. The van der Waals surface area contributed by atoms with E-state index in [-0.39, 0.29) is 12.7 Å². The second-order valence-electron chi connectivity index (χ2n) is 4.55. The number of piperidine rings is 1. The van der Waals surface area contributed by atoms with Crippen LogP contribution in [0.1, 0.15) is 12.8 Å². The van der Waals surface area contributed by atoms with Crippen LogP contribution in [0, 0.1) is 17.5 Å². The summed E-state index contributed by atoms with van der Waals surface area (Å²) in [6, 6.07) is 1.01. The number of carbonyl (C=O) groups excluding carboxylic acids is 1. The first-order valence-electron chi connectivity index (χ1n) is 6.33. The molecule has 0 aliphatic carbocycles. The van der Waals surface area contributed by atoms with Crippen LogP contribution in [0.3, 0.4) is 0 Å². The van der Waals surface area contributed by atoms with Crippen LogP contribution in [0.2, 0.25) is 0 Å². The minimum atomic E-state index is -1.15. The summed E-state index contributed by atoms with van der Waals surface area (Å²) in [5, 5.41) is 5.20. The van der Waals surface area contributed by atoms with Gasteiger partial charge in [0.15, 0.2) is 11.6 Å². The van der Waals surface area contributed by atoms with Crippen LogP contribution in [0.25, 0.3) is 0 Å². The fraction of sp³-hybridized carbons (Fsp3) is 0.462. The molecule has 1 amide bonds. The lowest BCUT2D eigenvalue weighted by molar-refractivity contribution is -0.123. The van der Waals surface area contributed by atoms with Gasteiger partial charge < -0.3 is 15.4 Å². The van der Waals surface area contributed by atoms with E-state index in [4.69, 9.17) is 4.74 Å². The third-order valence-electron chi connectivity index (χ3n) is 3.01. The smallest absolute Gasteiger partial charge is 0.250 e. The van der Waals surface area contributed by atoms with Gasteiger partial charge in [-0.1, -0.05) is 0 Å². The predicted molar refractivity (Wildman–Crippen MR) is 66.8 cm³/mol. The van der Waals surface area contributed by atoms with Crippen molar-refractivity contribution in [2.24, 2.45) is 0 Å². The van der Waals surface area contributed by atoms with E-state index in [1.807, 2.05) is 5.32 Å². The number of amides is 1. The van der Waals surface area contributed by atoms with Crippen LogP contribution in [-0.4, -0.2) is 31.7 Å². The third kappa shape index (κ3) is 3.94. The van der Waals surface area contributed by atoms with Crippen molar-refractivity contribution in [1.82, 2.24) is 5.32 Å². The molecule has 0 radical (unpaired) electrons. The number of carbonyl (C=O) groups is 1. The molecule has 2 N–H and O–H groups in total. The molecule has 1 aliphatic rings. The third-order valence-corrected chi connectivity index (χ3v) is 3.01. The van der Waals surface area contributed by atoms with Gasteiger partial charge in [0.2, 0.25) is 0 Å². The Morgan fingerprint density at radius 2 is 1.85 bits per heavy atom. The average Bonchev–Trinajstić information content (AvgIpc) is 2.42. The van der Waals surface area contributed by atoms with Gasteiger partial charge in [-0.2, -0.15) is 0 Å². The molecule has 1 fully saturated rings. The van der Waals surface area contributed by atoms with Gasteiger partial charge in [-0.05, 0) is 25.9 Å². The lowest BCUT2D eigenvalue weighted by Gasteiger charge is -2.22. The molecule has 110 valence electrons. The first-order valence-corrected chi connectivity index (χ1v) is 6.33. The molecule has 7 heteroatoms. The maximum atomic E-state index is 13.3. The summed E-state index contributed by atoms with van der Waals surface area (Å²) in [5.74, 6) is -4.02. The second kappa shape index (κ2) is 6.71. The van der Waals surface area contributed by atoms with Gasteiger partial charge in [-0.3, -0.25) is 4.79 Å². The maximum Gasteiger partial charge on any atom is 0.250 e. The van der Waals surface area contributed by atoms with Crippen molar-refractivity contribution in [2.75, 3.05) is 25.0 Å². The van der Waals surface area contributed by atoms with Crippen LogP contribution in [-0.2, 0) is 9.53 Å². The number of hydrogen-bond acceptors (Lipinski definition) is 3. The van der Waals surface area contributed by atoms with E-state index >= 15 is 0 Å². The first kappa shape index (κ1) is 14.8. The summed E-state index contributed by atoms with van der Waals surface area (Å²) in [6.07, 6.45) is 1.53. The molecule has 1 aromatic rings. The molecule has 0 unspecified atom stereocenters. The molecule has 0 spiro atoms. The van der Waals surface area contributed by atoms with Gasteiger partial charge in [0.25, 0.3) is 5.91 Å². The predicted octanol–water partition coefficient (Wildman–Crippen LogP) is 1.81. The lowest BCUT2D eigenvalue weighted by Crippen LogP contribution is -2.34. The van der Waals surface area contributed by atoms with Gasteiger partial charge >= 0.3 is 0 Å². The highest BCUT2D eigenvalue weighted by Gasteiger charge is 2.17. The second-order valence-corrected chi connectivity index (χ2v) is 4.55. The zero-order chi connectivity index (χ0) is 14.5. The van der Waals surface area contributed by atoms with Crippen molar-refractivity contribution >= 4 is 11.6 Å². The van der Waals surface area contributed by atoms with Crippen LogP contribution in [0.15, 0.2) is 12.1 Å². The summed E-state index contributed by atoms with van der Waals surface area (Å²) in [6.45, 7) is 1.34. The van der Waals surface area contributed by atoms with Crippen molar-refractivity contribution < 1.29 is 22.7 Å². The number of ether oxygens (including phenoxy) is 1. The molecule has 1 heterocycles. The Morgan fingerprint density at radius 3 is 2.45 bits per heavy atom. The Balaban J connectivity index is 1.88. The molecule has 0 bridgehead atoms.